The Morgan fingerprint density at radius 2 is 1.69 bits per heavy atom. The van der Waals surface area contributed by atoms with Crippen LogP contribution in [0.3, 0.4) is 0 Å². The number of carbonyl (C=O) groups is 3. The van der Waals surface area contributed by atoms with E-state index in [1.807, 2.05) is 0 Å². The summed E-state index contributed by atoms with van der Waals surface area (Å²) in [6.45, 7) is 17.4. The molecule has 5 fully saturated rings. The van der Waals surface area contributed by atoms with Crippen molar-refractivity contribution in [2.45, 2.75) is 131 Å². The van der Waals surface area contributed by atoms with Crippen LogP contribution in [0, 0.1) is 51.2 Å². The first kappa shape index (κ1) is 30.3. The lowest BCUT2D eigenvalue weighted by atomic mass is 9.36. The fourth-order valence-corrected chi connectivity index (χ4v) is 12.3. The monoisotopic (exact) mass is 580 g/mol. The lowest BCUT2D eigenvalue weighted by Crippen LogP contribution is -2.63. The molecule has 1 aliphatic heterocycles. The first-order valence-electron chi connectivity index (χ1n) is 17.2. The summed E-state index contributed by atoms with van der Waals surface area (Å²) in [6, 6.07) is 0.348. The zero-order chi connectivity index (χ0) is 30.2. The first-order valence-corrected chi connectivity index (χ1v) is 17.2. The van der Waals surface area contributed by atoms with Crippen molar-refractivity contribution in [2.75, 3.05) is 13.1 Å². The number of esters is 1. The van der Waals surface area contributed by atoms with Crippen LogP contribution in [-0.2, 0) is 19.1 Å². The molecule has 6 nitrogen and oxygen atoms in total. The van der Waals surface area contributed by atoms with Crippen molar-refractivity contribution >= 4 is 17.7 Å². The fraction of sp³-hybridized carbons (Fsp3) is 0.861. The summed E-state index contributed by atoms with van der Waals surface area (Å²) in [5, 5.41) is 6.86. The summed E-state index contributed by atoms with van der Waals surface area (Å²) in [4.78, 5) is 39.9. The predicted molar refractivity (Wildman–Crippen MR) is 164 cm³/mol. The Labute approximate surface area is 253 Å². The van der Waals surface area contributed by atoms with Gasteiger partial charge in [-0.2, -0.15) is 0 Å². The number of Topliss-reactive ketones (excluding diaryl/α,β-unsaturated/α-hetero) is 1. The molecule has 1 saturated heterocycles. The second-order valence-electron chi connectivity index (χ2n) is 16.6. The van der Waals surface area contributed by atoms with Gasteiger partial charge in [0.15, 0.2) is 5.78 Å². The van der Waals surface area contributed by atoms with E-state index in [1.165, 1.54) is 12.0 Å². The number of ketones is 1. The molecule has 0 aromatic rings. The third-order valence-corrected chi connectivity index (χ3v) is 13.9. The van der Waals surface area contributed by atoms with Crippen LogP contribution in [0.4, 0.5) is 0 Å². The average Bonchev–Trinajstić information content (AvgIpc) is 3.54. The Morgan fingerprint density at radius 1 is 0.952 bits per heavy atom. The molecule has 234 valence electrons. The summed E-state index contributed by atoms with van der Waals surface area (Å²) in [5.41, 5.74) is 1.94. The van der Waals surface area contributed by atoms with Crippen molar-refractivity contribution < 1.29 is 19.1 Å². The zero-order valence-electron chi connectivity index (χ0n) is 27.4. The van der Waals surface area contributed by atoms with Crippen LogP contribution in [0.1, 0.15) is 119 Å². The molecule has 1 heterocycles. The maximum atomic E-state index is 14.2. The van der Waals surface area contributed by atoms with Crippen molar-refractivity contribution in [3.8, 4) is 0 Å². The highest BCUT2D eigenvalue weighted by atomic mass is 16.5. The highest BCUT2D eigenvalue weighted by Gasteiger charge is 2.67. The van der Waals surface area contributed by atoms with Gasteiger partial charge in [-0.25, -0.2) is 0 Å². The molecule has 6 heteroatoms. The fourth-order valence-electron chi connectivity index (χ4n) is 12.3. The van der Waals surface area contributed by atoms with Gasteiger partial charge in [0.05, 0.1) is 5.41 Å². The van der Waals surface area contributed by atoms with Crippen LogP contribution in [0.5, 0.6) is 0 Å². The molecule has 0 bridgehead atoms. The number of carbonyl (C=O) groups excluding carboxylic acids is 3. The molecular weight excluding hydrogens is 524 g/mol. The van der Waals surface area contributed by atoms with E-state index in [-0.39, 0.29) is 45.9 Å². The highest BCUT2D eigenvalue weighted by Crippen LogP contribution is 2.73. The lowest BCUT2D eigenvalue weighted by Gasteiger charge is -2.68. The van der Waals surface area contributed by atoms with Gasteiger partial charge >= 0.3 is 5.97 Å². The maximum Gasteiger partial charge on any atom is 0.302 e. The van der Waals surface area contributed by atoms with E-state index in [2.05, 4.69) is 52.2 Å². The quantitative estimate of drug-likeness (QED) is 0.369. The molecular formula is C36H56N2O4. The van der Waals surface area contributed by atoms with Crippen LogP contribution in [0.25, 0.3) is 0 Å². The first-order chi connectivity index (χ1) is 19.8. The number of hydrogen-bond donors (Lipinski definition) is 2. The van der Waals surface area contributed by atoms with Gasteiger partial charge in [-0.15, -0.1) is 0 Å². The molecule has 0 aromatic carbocycles. The van der Waals surface area contributed by atoms with E-state index in [9.17, 15) is 14.4 Å². The van der Waals surface area contributed by atoms with Crippen molar-refractivity contribution in [1.82, 2.24) is 10.6 Å². The summed E-state index contributed by atoms with van der Waals surface area (Å²) in [6.07, 6.45) is 11.1. The Morgan fingerprint density at radius 3 is 2.36 bits per heavy atom. The van der Waals surface area contributed by atoms with E-state index >= 15 is 0 Å². The molecule has 6 rings (SSSR count). The standard InChI is InChI=1S/C36H56N2O4/c1-21(2)30-26(40)19-36(32(41)38-20-23-9-8-18-37-23)17-12-25-24(31(30)36)10-11-28-34(25,6)15-13-27-33(4,5)29(42-22(3)39)14-16-35(27,28)7/h21,23-25,27-29,37H,8-20H2,1-7H3,(H,38,41)/t23?,24?,25?,27?,28?,29-,34-,35-,36?/m0/s1. The third-order valence-electron chi connectivity index (χ3n) is 13.9. The van der Waals surface area contributed by atoms with Crippen LogP contribution < -0.4 is 10.6 Å². The van der Waals surface area contributed by atoms with Crippen molar-refractivity contribution in [3.05, 3.63) is 11.1 Å². The van der Waals surface area contributed by atoms with Crippen LogP contribution in [0.15, 0.2) is 11.1 Å². The Bertz CT molecular complexity index is 1170. The second kappa shape index (κ2) is 10.4. The molecule has 4 saturated carbocycles. The number of ether oxygens (including phenoxy) is 1. The van der Waals surface area contributed by atoms with Gasteiger partial charge in [0, 0.05) is 31.3 Å². The van der Waals surface area contributed by atoms with Gasteiger partial charge in [-0.05, 0) is 122 Å². The van der Waals surface area contributed by atoms with Crippen molar-refractivity contribution in [2.24, 2.45) is 51.2 Å². The summed E-state index contributed by atoms with van der Waals surface area (Å²) in [5.74, 6) is 2.29. The van der Waals surface area contributed by atoms with Gasteiger partial charge in [0.2, 0.25) is 5.91 Å². The Kier molecular flexibility index (Phi) is 7.55. The van der Waals surface area contributed by atoms with Gasteiger partial charge in [-0.3, -0.25) is 14.4 Å². The summed E-state index contributed by atoms with van der Waals surface area (Å²) in [7, 11) is 0. The van der Waals surface area contributed by atoms with E-state index in [1.54, 1.807) is 6.92 Å². The molecule has 6 aliphatic rings. The number of amides is 1. The molecule has 2 N–H and O–H groups in total. The van der Waals surface area contributed by atoms with Gasteiger partial charge in [-0.1, -0.05) is 41.5 Å². The van der Waals surface area contributed by atoms with E-state index < -0.39 is 5.41 Å². The second-order valence-corrected chi connectivity index (χ2v) is 16.6. The van der Waals surface area contributed by atoms with E-state index in [0.29, 0.717) is 42.7 Å². The lowest BCUT2D eigenvalue weighted by molar-refractivity contribution is -0.212. The molecule has 9 atom stereocenters. The Hall–Kier alpha value is -1.69. The number of fused-ring (bicyclic) bond motifs is 7. The number of hydrogen-bond acceptors (Lipinski definition) is 5. The molecule has 42 heavy (non-hydrogen) atoms. The van der Waals surface area contributed by atoms with Gasteiger partial charge < -0.3 is 15.4 Å². The molecule has 6 unspecified atom stereocenters. The van der Waals surface area contributed by atoms with Gasteiger partial charge in [0.1, 0.15) is 6.10 Å². The minimum atomic E-state index is -0.648. The molecule has 0 radical (unpaired) electrons. The van der Waals surface area contributed by atoms with Crippen molar-refractivity contribution in [3.63, 3.8) is 0 Å². The Balaban J connectivity index is 1.31. The maximum absolute atomic E-state index is 14.2. The number of nitrogens with one attached hydrogen (secondary N) is 2. The normalized spacial score (nSPS) is 44.2. The predicted octanol–water partition coefficient (Wildman–Crippen LogP) is 6.38. The van der Waals surface area contributed by atoms with Crippen molar-refractivity contribution in [1.29, 1.82) is 0 Å². The molecule has 0 spiro atoms. The SMILES string of the molecule is CC(=O)O[C@H]1CC[C@@]2(C)C(CC[C@@]3(C)C4CCC5(C(=O)NCC6CCCN6)CC(=O)C(C(C)C)=C5C4CCC32)C1(C)C. The number of rotatable bonds is 5. The topological polar surface area (TPSA) is 84.5 Å². The van der Waals surface area contributed by atoms with Gasteiger partial charge in [0.25, 0.3) is 0 Å². The summed E-state index contributed by atoms with van der Waals surface area (Å²) >= 11 is 0. The third kappa shape index (κ3) is 4.38. The zero-order valence-corrected chi connectivity index (χ0v) is 27.4. The van der Waals surface area contributed by atoms with E-state index in [0.717, 1.165) is 69.9 Å². The highest BCUT2D eigenvalue weighted by molar-refractivity contribution is 6.06. The smallest absolute Gasteiger partial charge is 0.302 e. The molecule has 1 amide bonds. The minimum Gasteiger partial charge on any atom is -0.462 e. The minimum absolute atomic E-state index is 0.00901. The molecule has 5 aliphatic carbocycles. The van der Waals surface area contributed by atoms with E-state index in [4.69, 9.17) is 4.74 Å². The number of allylic oxidation sites excluding steroid dienone is 1. The average molecular weight is 581 g/mol. The van der Waals surface area contributed by atoms with Crippen LogP contribution in [0.2, 0.25) is 0 Å². The molecule has 0 aromatic heterocycles. The van der Waals surface area contributed by atoms with Crippen LogP contribution in [-0.4, -0.2) is 42.9 Å². The summed E-state index contributed by atoms with van der Waals surface area (Å²) < 4.78 is 5.91. The largest absolute Gasteiger partial charge is 0.462 e. The van der Waals surface area contributed by atoms with Crippen LogP contribution >= 0.6 is 0 Å².